The van der Waals surface area contributed by atoms with Crippen molar-refractivity contribution in [2.24, 2.45) is 5.73 Å². The Kier molecular flexibility index (Phi) is 5.33. The van der Waals surface area contributed by atoms with Crippen LogP contribution in [-0.4, -0.2) is 17.8 Å². The van der Waals surface area contributed by atoms with E-state index < -0.39 is 0 Å². The number of aliphatic hydroxyl groups is 1. The minimum absolute atomic E-state index is 0. The standard InChI is InChI=1S/C7H10ClNO2.ClH/c8-7-2-1-6(11-7)3-5(9)4-10;/h1-2,5,10H,3-4,9H2;1H. The number of hydrogen-bond acceptors (Lipinski definition) is 3. The highest BCUT2D eigenvalue weighted by atomic mass is 35.5. The zero-order valence-corrected chi connectivity index (χ0v) is 7.94. The summed E-state index contributed by atoms with van der Waals surface area (Å²) >= 11 is 5.52. The van der Waals surface area contributed by atoms with Crippen LogP contribution in [0, 0.1) is 0 Å². The molecule has 0 aliphatic rings. The van der Waals surface area contributed by atoms with Gasteiger partial charge in [-0.1, -0.05) is 0 Å². The van der Waals surface area contributed by atoms with Crippen LogP contribution < -0.4 is 5.73 Å². The molecule has 0 amide bonds. The predicted molar refractivity (Wildman–Crippen MR) is 49.7 cm³/mol. The van der Waals surface area contributed by atoms with Crippen LogP contribution in [0.3, 0.4) is 0 Å². The number of aliphatic hydroxyl groups excluding tert-OH is 1. The quantitative estimate of drug-likeness (QED) is 0.791. The van der Waals surface area contributed by atoms with Crippen molar-refractivity contribution < 1.29 is 9.52 Å². The summed E-state index contributed by atoms with van der Waals surface area (Å²) in [5.41, 5.74) is 5.46. The summed E-state index contributed by atoms with van der Waals surface area (Å²) in [6, 6.07) is 3.14. The Balaban J connectivity index is 0.00000121. The molecule has 3 N–H and O–H groups in total. The molecule has 1 unspecified atom stereocenters. The summed E-state index contributed by atoms with van der Waals surface area (Å²) in [7, 11) is 0. The van der Waals surface area contributed by atoms with Gasteiger partial charge in [0.15, 0.2) is 5.22 Å². The van der Waals surface area contributed by atoms with Gasteiger partial charge in [0.2, 0.25) is 0 Å². The summed E-state index contributed by atoms with van der Waals surface area (Å²) in [6.07, 6.45) is 0.517. The van der Waals surface area contributed by atoms with E-state index in [1.54, 1.807) is 12.1 Å². The van der Waals surface area contributed by atoms with Gasteiger partial charge in [0.05, 0.1) is 6.61 Å². The highest BCUT2D eigenvalue weighted by molar-refractivity contribution is 6.28. The van der Waals surface area contributed by atoms with Gasteiger partial charge in [0, 0.05) is 12.5 Å². The molecular formula is C7H11Cl2NO2. The lowest BCUT2D eigenvalue weighted by atomic mass is 10.2. The van der Waals surface area contributed by atoms with Crippen LogP contribution >= 0.6 is 24.0 Å². The monoisotopic (exact) mass is 211 g/mol. The third kappa shape index (κ3) is 3.45. The average Bonchev–Trinajstić information content (AvgIpc) is 2.35. The van der Waals surface area contributed by atoms with E-state index in [4.69, 9.17) is 26.9 Å². The van der Waals surface area contributed by atoms with Gasteiger partial charge < -0.3 is 15.3 Å². The first-order valence-corrected chi connectivity index (χ1v) is 3.71. The van der Waals surface area contributed by atoms with Crippen LogP contribution in [-0.2, 0) is 6.42 Å². The molecule has 0 aliphatic carbocycles. The van der Waals surface area contributed by atoms with Gasteiger partial charge in [-0.2, -0.15) is 0 Å². The Bertz CT molecular complexity index is 227. The van der Waals surface area contributed by atoms with Crippen molar-refractivity contribution in [2.75, 3.05) is 6.61 Å². The van der Waals surface area contributed by atoms with Crippen LogP contribution in [0.5, 0.6) is 0 Å². The van der Waals surface area contributed by atoms with E-state index in [0.717, 1.165) is 0 Å². The molecule has 1 aromatic heterocycles. The number of furan rings is 1. The van der Waals surface area contributed by atoms with Gasteiger partial charge in [-0.25, -0.2) is 0 Å². The Morgan fingerprint density at radius 1 is 1.58 bits per heavy atom. The van der Waals surface area contributed by atoms with E-state index in [9.17, 15) is 0 Å². The van der Waals surface area contributed by atoms with Crippen molar-refractivity contribution in [3.8, 4) is 0 Å². The maximum Gasteiger partial charge on any atom is 0.193 e. The van der Waals surface area contributed by atoms with Gasteiger partial charge in [-0.3, -0.25) is 0 Å². The van der Waals surface area contributed by atoms with Crippen molar-refractivity contribution in [1.82, 2.24) is 0 Å². The topological polar surface area (TPSA) is 59.4 Å². The summed E-state index contributed by atoms with van der Waals surface area (Å²) in [5, 5.41) is 8.96. The van der Waals surface area contributed by atoms with Crippen molar-refractivity contribution in [3.63, 3.8) is 0 Å². The second kappa shape index (κ2) is 5.43. The maximum absolute atomic E-state index is 8.60. The summed E-state index contributed by atoms with van der Waals surface area (Å²) in [5.74, 6) is 0.705. The lowest BCUT2D eigenvalue weighted by Gasteiger charge is -2.03. The molecule has 0 radical (unpaired) electrons. The number of hydrogen-bond donors (Lipinski definition) is 2. The first kappa shape index (κ1) is 11.8. The third-order valence-corrected chi connectivity index (χ3v) is 1.53. The van der Waals surface area contributed by atoms with Gasteiger partial charge in [-0.05, 0) is 23.7 Å². The minimum atomic E-state index is -0.266. The number of rotatable bonds is 3. The average molecular weight is 212 g/mol. The van der Waals surface area contributed by atoms with Crippen molar-refractivity contribution in [3.05, 3.63) is 23.1 Å². The summed E-state index contributed by atoms with van der Waals surface area (Å²) in [4.78, 5) is 0. The van der Waals surface area contributed by atoms with Crippen LogP contribution in [0.1, 0.15) is 5.76 Å². The molecule has 12 heavy (non-hydrogen) atoms. The molecule has 0 saturated carbocycles. The van der Waals surface area contributed by atoms with E-state index in [-0.39, 0.29) is 25.1 Å². The molecular weight excluding hydrogens is 201 g/mol. The molecule has 1 aromatic rings. The lowest BCUT2D eigenvalue weighted by molar-refractivity contribution is 0.260. The first-order valence-electron chi connectivity index (χ1n) is 3.33. The molecule has 0 aliphatic heterocycles. The zero-order chi connectivity index (χ0) is 8.27. The van der Waals surface area contributed by atoms with E-state index >= 15 is 0 Å². The smallest absolute Gasteiger partial charge is 0.193 e. The molecule has 70 valence electrons. The minimum Gasteiger partial charge on any atom is -0.450 e. The van der Waals surface area contributed by atoms with Gasteiger partial charge >= 0.3 is 0 Å². The number of nitrogens with two attached hydrogens (primary N) is 1. The molecule has 0 aromatic carbocycles. The van der Waals surface area contributed by atoms with Gasteiger partial charge in [-0.15, -0.1) is 12.4 Å². The fourth-order valence-corrected chi connectivity index (χ4v) is 0.947. The Hall–Kier alpha value is -0.220. The molecule has 5 heteroatoms. The molecule has 1 rings (SSSR count). The van der Waals surface area contributed by atoms with Crippen LogP contribution in [0.2, 0.25) is 5.22 Å². The molecule has 0 fully saturated rings. The largest absolute Gasteiger partial charge is 0.450 e. The molecule has 0 bridgehead atoms. The first-order chi connectivity index (χ1) is 5.22. The van der Waals surface area contributed by atoms with Crippen molar-refractivity contribution >= 4 is 24.0 Å². The van der Waals surface area contributed by atoms with E-state index in [2.05, 4.69) is 0 Å². The number of halogens is 2. The maximum atomic E-state index is 8.60. The normalized spacial score (nSPS) is 12.2. The molecule has 0 spiro atoms. The van der Waals surface area contributed by atoms with E-state index in [1.165, 1.54) is 0 Å². The molecule has 3 nitrogen and oxygen atoms in total. The zero-order valence-electron chi connectivity index (χ0n) is 6.37. The molecule has 1 heterocycles. The SMILES string of the molecule is Cl.NC(CO)Cc1ccc(Cl)o1. The lowest BCUT2D eigenvalue weighted by Crippen LogP contribution is -2.26. The fraction of sp³-hybridized carbons (Fsp3) is 0.429. The Morgan fingerprint density at radius 3 is 2.67 bits per heavy atom. The van der Waals surface area contributed by atoms with Crippen LogP contribution in [0.4, 0.5) is 0 Å². The van der Waals surface area contributed by atoms with Gasteiger partial charge in [0.25, 0.3) is 0 Å². The van der Waals surface area contributed by atoms with E-state index in [1.807, 2.05) is 0 Å². The fourth-order valence-electron chi connectivity index (χ4n) is 0.784. The predicted octanol–water partition coefficient (Wildman–Crippen LogP) is 1.22. The van der Waals surface area contributed by atoms with E-state index in [0.29, 0.717) is 17.4 Å². The summed E-state index contributed by atoms with van der Waals surface area (Å²) in [6.45, 7) is -0.0433. The summed E-state index contributed by atoms with van der Waals surface area (Å²) < 4.78 is 5.03. The Labute approximate surface area is 81.9 Å². The second-order valence-electron chi connectivity index (χ2n) is 2.35. The molecule has 0 saturated heterocycles. The second-order valence-corrected chi connectivity index (χ2v) is 2.73. The highest BCUT2D eigenvalue weighted by Crippen LogP contribution is 2.13. The van der Waals surface area contributed by atoms with Crippen molar-refractivity contribution in [2.45, 2.75) is 12.5 Å². The molecule has 1 atom stereocenters. The third-order valence-electron chi connectivity index (χ3n) is 1.33. The van der Waals surface area contributed by atoms with Gasteiger partial charge in [0.1, 0.15) is 5.76 Å². The van der Waals surface area contributed by atoms with Crippen molar-refractivity contribution in [1.29, 1.82) is 0 Å². The van der Waals surface area contributed by atoms with Crippen LogP contribution in [0.15, 0.2) is 16.5 Å². The van der Waals surface area contributed by atoms with Crippen LogP contribution in [0.25, 0.3) is 0 Å². The highest BCUT2D eigenvalue weighted by Gasteiger charge is 2.05. The Morgan fingerprint density at radius 2 is 2.25 bits per heavy atom.